The molecule has 0 radical (unpaired) electrons. The second-order valence-electron chi connectivity index (χ2n) is 1.08. The van der Waals surface area contributed by atoms with Crippen LogP contribution in [0.4, 0.5) is 0 Å². The van der Waals surface area contributed by atoms with Crippen molar-refractivity contribution in [3.05, 3.63) is 12.2 Å². The molecule has 40 valence electrons. The van der Waals surface area contributed by atoms with Gasteiger partial charge in [-0.3, -0.25) is 4.99 Å². The number of rotatable bonds is 2. The van der Waals surface area contributed by atoms with Gasteiger partial charge in [-0.2, -0.15) is 0 Å². The third-order valence-corrected chi connectivity index (χ3v) is 0.552. The summed E-state index contributed by atoms with van der Waals surface area (Å²) in [4.78, 5) is 3.73. The van der Waals surface area contributed by atoms with Crippen molar-refractivity contribution < 1.29 is 0 Å². The Hall–Kier alpha value is -0.790. The molecule has 0 bridgehead atoms. The second kappa shape index (κ2) is 5.21. The zero-order valence-corrected chi connectivity index (χ0v) is 4.46. The van der Waals surface area contributed by atoms with Crippen LogP contribution in [-0.4, -0.2) is 12.9 Å². The highest BCUT2D eigenvalue weighted by molar-refractivity contribution is 5.51. The molecule has 0 aliphatic rings. The first-order valence-corrected chi connectivity index (χ1v) is 2.23. The van der Waals surface area contributed by atoms with Crippen molar-refractivity contribution in [2.24, 2.45) is 10.7 Å². The fourth-order valence-electron chi connectivity index (χ4n) is 0.227. The fraction of sp³-hybridized carbons (Fsp3) is 0.400. The topological polar surface area (TPSA) is 38.4 Å². The highest BCUT2D eigenvalue weighted by Crippen LogP contribution is 1.69. The third-order valence-electron chi connectivity index (χ3n) is 0.552. The maximum atomic E-state index is 4.94. The summed E-state index contributed by atoms with van der Waals surface area (Å²) in [6.45, 7) is 2.65. The molecule has 2 N–H and O–H groups in total. The van der Waals surface area contributed by atoms with Gasteiger partial charge in [0.05, 0.1) is 12.9 Å². The number of nitrogens with zero attached hydrogens (tertiary/aromatic N) is 1. The van der Waals surface area contributed by atoms with Crippen LogP contribution in [0.1, 0.15) is 6.92 Å². The molecule has 0 aromatic carbocycles. The lowest BCUT2D eigenvalue weighted by Crippen LogP contribution is -1.88. The van der Waals surface area contributed by atoms with Crippen LogP contribution < -0.4 is 5.73 Å². The van der Waals surface area contributed by atoms with Gasteiger partial charge in [-0.25, -0.2) is 0 Å². The summed E-state index contributed by atoms with van der Waals surface area (Å²) in [7, 11) is 0. The molecule has 2 heteroatoms. The minimum absolute atomic E-state index is 0.701. The fourth-order valence-corrected chi connectivity index (χ4v) is 0.227. The zero-order chi connectivity index (χ0) is 5.54. The van der Waals surface area contributed by atoms with Crippen molar-refractivity contribution in [3.63, 3.8) is 0 Å². The lowest BCUT2D eigenvalue weighted by molar-refractivity contribution is 1.24. The Balaban J connectivity index is 2.98. The first-order valence-electron chi connectivity index (χ1n) is 2.23. The third kappa shape index (κ3) is 5.21. The maximum absolute atomic E-state index is 4.94. The summed E-state index contributed by atoms with van der Waals surface area (Å²) in [6, 6.07) is 0. The van der Waals surface area contributed by atoms with Crippen molar-refractivity contribution in [1.29, 1.82) is 0 Å². The largest absolute Gasteiger partial charge is 0.390 e. The average molecular weight is 98.1 g/mol. The molecular weight excluding hydrogens is 88.1 g/mol. The molecule has 0 rings (SSSR count). The molecule has 0 aromatic rings. The molecule has 0 spiro atoms. The molecule has 0 atom stereocenters. The van der Waals surface area contributed by atoms with Crippen molar-refractivity contribution in [3.8, 4) is 0 Å². The average Bonchev–Trinajstić information content (AvgIpc) is 1.69. The molecular formula is C5H10N2. The van der Waals surface area contributed by atoms with Crippen molar-refractivity contribution in [2.75, 3.05) is 6.54 Å². The molecule has 0 aliphatic carbocycles. The summed E-state index contributed by atoms with van der Waals surface area (Å²) in [5, 5.41) is 0. The number of allylic oxidation sites excluding steroid dienone is 1. The first kappa shape index (κ1) is 6.21. The molecule has 2 nitrogen and oxygen atoms in total. The molecule has 0 unspecified atom stereocenters. The summed E-state index contributed by atoms with van der Waals surface area (Å²) in [5.41, 5.74) is 4.94. The summed E-state index contributed by atoms with van der Waals surface area (Å²) >= 11 is 0. The normalized spacial score (nSPS) is 11.6. The van der Waals surface area contributed by atoms with E-state index in [1.165, 1.54) is 6.34 Å². The van der Waals surface area contributed by atoms with Crippen LogP contribution in [0.2, 0.25) is 0 Å². The van der Waals surface area contributed by atoms with Crippen molar-refractivity contribution >= 4 is 6.34 Å². The molecule has 0 amide bonds. The van der Waals surface area contributed by atoms with E-state index in [-0.39, 0.29) is 0 Å². The predicted octanol–water partition coefficient (Wildman–Crippen LogP) is 0.550. The Labute approximate surface area is 43.7 Å². The van der Waals surface area contributed by atoms with Gasteiger partial charge in [0.2, 0.25) is 0 Å². The van der Waals surface area contributed by atoms with Gasteiger partial charge < -0.3 is 5.73 Å². The maximum Gasteiger partial charge on any atom is 0.0801 e. The Kier molecular flexibility index (Phi) is 4.62. The van der Waals surface area contributed by atoms with Gasteiger partial charge in [-0.05, 0) is 6.92 Å². The highest BCUT2D eigenvalue weighted by atomic mass is 14.8. The van der Waals surface area contributed by atoms with Crippen LogP contribution in [0.5, 0.6) is 0 Å². The molecule has 7 heavy (non-hydrogen) atoms. The molecule has 0 heterocycles. The standard InChI is InChI=1S/C5H10N2/c1-2-3-4-7-5-6/h2-3,5H,4H2,1H3,(H2,6,7)/b3-2+. The van der Waals surface area contributed by atoms with E-state index < -0.39 is 0 Å². The van der Waals surface area contributed by atoms with Crippen LogP contribution in [0.15, 0.2) is 17.1 Å². The van der Waals surface area contributed by atoms with E-state index in [4.69, 9.17) is 5.73 Å². The molecule has 0 saturated carbocycles. The van der Waals surface area contributed by atoms with Gasteiger partial charge in [0.25, 0.3) is 0 Å². The SMILES string of the molecule is C/C=C/C/N=C\N. The lowest BCUT2D eigenvalue weighted by Gasteiger charge is -1.75. The van der Waals surface area contributed by atoms with Crippen LogP contribution in [0.3, 0.4) is 0 Å². The van der Waals surface area contributed by atoms with E-state index in [0.717, 1.165) is 0 Å². The minimum Gasteiger partial charge on any atom is -0.390 e. The predicted molar refractivity (Wildman–Crippen MR) is 32.4 cm³/mol. The van der Waals surface area contributed by atoms with Crippen LogP contribution in [-0.2, 0) is 0 Å². The number of nitrogens with two attached hydrogens (primary N) is 1. The van der Waals surface area contributed by atoms with Crippen molar-refractivity contribution in [2.45, 2.75) is 6.92 Å². The highest BCUT2D eigenvalue weighted by Gasteiger charge is 1.61. The smallest absolute Gasteiger partial charge is 0.0801 e. The lowest BCUT2D eigenvalue weighted by atomic mass is 10.5. The van der Waals surface area contributed by atoms with Crippen LogP contribution in [0.25, 0.3) is 0 Å². The first-order chi connectivity index (χ1) is 3.41. The number of hydrogen-bond acceptors (Lipinski definition) is 1. The summed E-state index contributed by atoms with van der Waals surface area (Å²) in [6.07, 6.45) is 5.18. The quantitative estimate of drug-likeness (QED) is 0.306. The molecule has 0 aliphatic heterocycles. The number of hydrogen-bond donors (Lipinski definition) is 1. The van der Waals surface area contributed by atoms with Crippen LogP contribution in [0, 0.1) is 0 Å². The van der Waals surface area contributed by atoms with E-state index >= 15 is 0 Å². The Bertz CT molecular complexity index is 64.1. The van der Waals surface area contributed by atoms with Gasteiger partial charge in [-0.1, -0.05) is 12.2 Å². The van der Waals surface area contributed by atoms with Gasteiger partial charge in [0.1, 0.15) is 0 Å². The molecule has 0 saturated heterocycles. The molecule has 0 fully saturated rings. The van der Waals surface area contributed by atoms with E-state index in [1.54, 1.807) is 0 Å². The van der Waals surface area contributed by atoms with E-state index in [2.05, 4.69) is 4.99 Å². The number of aliphatic imine (C=N–C) groups is 1. The van der Waals surface area contributed by atoms with E-state index in [0.29, 0.717) is 6.54 Å². The van der Waals surface area contributed by atoms with Crippen molar-refractivity contribution in [1.82, 2.24) is 0 Å². The van der Waals surface area contributed by atoms with Gasteiger partial charge >= 0.3 is 0 Å². The Morgan fingerprint density at radius 2 is 2.43 bits per heavy atom. The Morgan fingerprint density at radius 3 is 2.86 bits per heavy atom. The second-order valence-corrected chi connectivity index (χ2v) is 1.08. The Morgan fingerprint density at radius 1 is 1.71 bits per heavy atom. The zero-order valence-electron chi connectivity index (χ0n) is 4.46. The van der Waals surface area contributed by atoms with Crippen LogP contribution >= 0.6 is 0 Å². The summed E-state index contributed by atoms with van der Waals surface area (Å²) < 4.78 is 0. The monoisotopic (exact) mass is 98.1 g/mol. The summed E-state index contributed by atoms with van der Waals surface area (Å²) in [5.74, 6) is 0. The van der Waals surface area contributed by atoms with Gasteiger partial charge in [0.15, 0.2) is 0 Å². The van der Waals surface area contributed by atoms with E-state index in [1.807, 2.05) is 19.1 Å². The van der Waals surface area contributed by atoms with E-state index in [9.17, 15) is 0 Å². The van der Waals surface area contributed by atoms with Gasteiger partial charge in [-0.15, -0.1) is 0 Å². The minimum atomic E-state index is 0.701. The van der Waals surface area contributed by atoms with Gasteiger partial charge in [0, 0.05) is 0 Å². The molecule has 0 aromatic heterocycles.